The molecular formula is C12H14O4S. The Kier molecular flexibility index (Phi) is 3.47. The Morgan fingerprint density at radius 2 is 2.12 bits per heavy atom. The zero-order valence-corrected chi connectivity index (χ0v) is 10.5. The summed E-state index contributed by atoms with van der Waals surface area (Å²) in [6, 6.07) is 3.58. The van der Waals surface area contributed by atoms with Gasteiger partial charge in [-0.25, -0.2) is 0 Å². The highest BCUT2D eigenvalue weighted by molar-refractivity contribution is 7.98. The Balaban J connectivity index is 2.50. The quantitative estimate of drug-likeness (QED) is 0.839. The van der Waals surface area contributed by atoms with Crippen molar-refractivity contribution in [2.24, 2.45) is 0 Å². The molecule has 0 bridgehead atoms. The van der Waals surface area contributed by atoms with Crippen molar-refractivity contribution in [3.8, 4) is 11.5 Å². The van der Waals surface area contributed by atoms with Crippen LogP contribution in [0.25, 0.3) is 0 Å². The lowest BCUT2D eigenvalue weighted by molar-refractivity contribution is -0.138. The number of carbonyl (C=O) groups is 1. The average Bonchev–Trinajstić information content (AvgIpc) is 2.36. The Bertz CT molecular complexity index is 444. The summed E-state index contributed by atoms with van der Waals surface area (Å²) in [6.07, 6.45) is 1.91. The summed E-state index contributed by atoms with van der Waals surface area (Å²) >= 11 is 1.49. The van der Waals surface area contributed by atoms with Crippen molar-refractivity contribution < 1.29 is 19.4 Å². The molecule has 17 heavy (non-hydrogen) atoms. The molecule has 1 N–H and O–H groups in total. The molecule has 0 amide bonds. The maximum atomic E-state index is 11.1. The van der Waals surface area contributed by atoms with Gasteiger partial charge in [-0.2, -0.15) is 0 Å². The number of carboxylic acid groups (broad SMARTS) is 1. The number of benzene rings is 1. The van der Waals surface area contributed by atoms with E-state index >= 15 is 0 Å². The maximum Gasteiger partial charge on any atom is 0.310 e. The zero-order chi connectivity index (χ0) is 12.4. The van der Waals surface area contributed by atoms with Gasteiger partial charge in [0.2, 0.25) is 0 Å². The van der Waals surface area contributed by atoms with Crippen LogP contribution in [-0.4, -0.2) is 30.5 Å². The number of carboxylic acids is 1. The molecule has 1 aromatic rings. The third kappa shape index (κ3) is 2.20. The summed E-state index contributed by atoms with van der Waals surface area (Å²) in [4.78, 5) is 11.9. The number of rotatable bonds is 3. The number of hydrogen-bond donors (Lipinski definition) is 1. The first kappa shape index (κ1) is 12.1. The minimum Gasteiger partial charge on any atom is -0.486 e. The predicted molar refractivity (Wildman–Crippen MR) is 65.3 cm³/mol. The molecule has 4 nitrogen and oxygen atoms in total. The van der Waals surface area contributed by atoms with E-state index in [2.05, 4.69) is 0 Å². The van der Waals surface area contributed by atoms with E-state index in [1.165, 1.54) is 11.8 Å². The number of ether oxygens (including phenoxy) is 2. The van der Waals surface area contributed by atoms with Crippen molar-refractivity contribution in [3.63, 3.8) is 0 Å². The van der Waals surface area contributed by atoms with Crippen LogP contribution in [0.5, 0.6) is 11.5 Å². The Morgan fingerprint density at radius 1 is 1.41 bits per heavy atom. The third-order valence-corrected chi connectivity index (χ3v) is 3.56. The van der Waals surface area contributed by atoms with E-state index < -0.39 is 11.9 Å². The van der Waals surface area contributed by atoms with Crippen molar-refractivity contribution in [2.45, 2.75) is 17.7 Å². The average molecular weight is 254 g/mol. The summed E-state index contributed by atoms with van der Waals surface area (Å²) in [5.74, 6) is -0.0125. The SMILES string of the molecule is CSc1c(C(C)C(=O)O)ccc2c1OCCO2. The molecule has 0 saturated carbocycles. The molecule has 0 aromatic heterocycles. The van der Waals surface area contributed by atoms with Crippen LogP contribution in [0, 0.1) is 0 Å². The second kappa shape index (κ2) is 4.87. The fourth-order valence-electron chi connectivity index (χ4n) is 1.79. The fraction of sp³-hybridized carbons (Fsp3) is 0.417. The first-order valence-corrected chi connectivity index (χ1v) is 6.57. The lowest BCUT2D eigenvalue weighted by atomic mass is 10.0. The van der Waals surface area contributed by atoms with Gasteiger partial charge >= 0.3 is 5.97 Å². The van der Waals surface area contributed by atoms with E-state index in [0.717, 1.165) is 10.5 Å². The molecule has 0 radical (unpaired) electrons. The molecule has 0 aliphatic carbocycles. The van der Waals surface area contributed by atoms with Crippen LogP contribution in [0.1, 0.15) is 18.4 Å². The van der Waals surface area contributed by atoms with Gasteiger partial charge in [-0.15, -0.1) is 11.8 Å². The van der Waals surface area contributed by atoms with Crippen LogP contribution < -0.4 is 9.47 Å². The fourth-order valence-corrected chi connectivity index (χ4v) is 2.62. The summed E-state index contributed by atoms with van der Waals surface area (Å²) in [5.41, 5.74) is 0.772. The first-order chi connectivity index (χ1) is 8.15. The molecule has 92 valence electrons. The maximum absolute atomic E-state index is 11.1. The first-order valence-electron chi connectivity index (χ1n) is 5.34. The Morgan fingerprint density at radius 3 is 2.76 bits per heavy atom. The van der Waals surface area contributed by atoms with Gasteiger partial charge < -0.3 is 14.6 Å². The lowest BCUT2D eigenvalue weighted by Crippen LogP contribution is -2.17. The highest BCUT2D eigenvalue weighted by Gasteiger charge is 2.24. The second-order valence-electron chi connectivity index (χ2n) is 3.77. The molecule has 1 unspecified atom stereocenters. The van der Waals surface area contributed by atoms with Gasteiger partial charge in [0.15, 0.2) is 11.5 Å². The van der Waals surface area contributed by atoms with Crippen molar-refractivity contribution in [1.82, 2.24) is 0 Å². The third-order valence-electron chi connectivity index (χ3n) is 2.73. The molecule has 1 atom stereocenters. The lowest BCUT2D eigenvalue weighted by Gasteiger charge is -2.23. The van der Waals surface area contributed by atoms with E-state index in [4.69, 9.17) is 14.6 Å². The number of aliphatic carboxylic acids is 1. The number of hydrogen-bond acceptors (Lipinski definition) is 4. The van der Waals surface area contributed by atoms with Crippen LogP contribution in [-0.2, 0) is 4.79 Å². The van der Waals surface area contributed by atoms with E-state index in [1.54, 1.807) is 19.1 Å². The predicted octanol–water partition coefficient (Wildman–Crippen LogP) is 2.37. The summed E-state index contributed by atoms with van der Waals surface area (Å²) in [6.45, 7) is 2.72. The minimum absolute atomic E-state index is 0.505. The van der Waals surface area contributed by atoms with Gasteiger partial charge in [-0.3, -0.25) is 4.79 Å². The molecule has 0 spiro atoms. The Labute approximate surface area is 104 Å². The van der Waals surface area contributed by atoms with Gasteiger partial charge in [0.1, 0.15) is 13.2 Å². The van der Waals surface area contributed by atoms with Crippen molar-refractivity contribution in [1.29, 1.82) is 0 Å². The zero-order valence-electron chi connectivity index (χ0n) is 9.73. The van der Waals surface area contributed by atoms with Gasteiger partial charge in [0.05, 0.1) is 10.8 Å². The number of fused-ring (bicyclic) bond motifs is 1. The normalized spacial score (nSPS) is 15.4. The van der Waals surface area contributed by atoms with E-state index in [0.29, 0.717) is 24.7 Å². The standard InChI is InChI=1S/C12H14O4S/c1-7(12(13)14)8-3-4-9-10(11(8)17-2)16-6-5-15-9/h3-4,7H,5-6H2,1-2H3,(H,13,14). The molecule has 0 fully saturated rings. The minimum atomic E-state index is -0.836. The molecule has 1 heterocycles. The van der Waals surface area contributed by atoms with E-state index in [1.807, 2.05) is 6.26 Å². The topological polar surface area (TPSA) is 55.8 Å². The number of thioether (sulfide) groups is 1. The van der Waals surface area contributed by atoms with Gasteiger partial charge in [0, 0.05) is 0 Å². The molecule has 1 aliphatic rings. The Hall–Kier alpha value is -1.36. The highest BCUT2D eigenvalue weighted by atomic mass is 32.2. The van der Waals surface area contributed by atoms with Crippen molar-refractivity contribution in [3.05, 3.63) is 17.7 Å². The summed E-state index contributed by atoms with van der Waals surface area (Å²) in [5, 5.41) is 9.08. The van der Waals surface area contributed by atoms with Gasteiger partial charge in [0.25, 0.3) is 0 Å². The molecule has 5 heteroatoms. The van der Waals surface area contributed by atoms with Crippen LogP contribution >= 0.6 is 11.8 Å². The van der Waals surface area contributed by atoms with Gasteiger partial charge in [-0.05, 0) is 24.8 Å². The monoisotopic (exact) mass is 254 g/mol. The van der Waals surface area contributed by atoms with Crippen molar-refractivity contribution >= 4 is 17.7 Å². The molecule has 1 aliphatic heterocycles. The van der Waals surface area contributed by atoms with Crippen molar-refractivity contribution in [2.75, 3.05) is 19.5 Å². The van der Waals surface area contributed by atoms with E-state index in [9.17, 15) is 4.79 Å². The molecular weight excluding hydrogens is 240 g/mol. The molecule has 0 saturated heterocycles. The van der Waals surface area contributed by atoms with Crippen LogP contribution in [0.15, 0.2) is 17.0 Å². The van der Waals surface area contributed by atoms with Gasteiger partial charge in [-0.1, -0.05) is 6.07 Å². The van der Waals surface area contributed by atoms with E-state index in [-0.39, 0.29) is 0 Å². The molecule has 2 rings (SSSR count). The van der Waals surface area contributed by atoms with Crippen LogP contribution in [0.4, 0.5) is 0 Å². The highest BCUT2D eigenvalue weighted by Crippen LogP contribution is 2.43. The van der Waals surface area contributed by atoms with Crippen LogP contribution in [0.3, 0.4) is 0 Å². The molecule has 1 aromatic carbocycles. The smallest absolute Gasteiger partial charge is 0.310 e. The summed E-state index contributed by atoms with van der Waals surface area (Å²) < 4.78 is 11.1. The largest absolute Gasteiger partial charge is 0.486 e. The van der Waals surface area contributed by atoms with Crippen LogP contribution in [0.2, 0.25) is 0 Å². The second-order valence-corrected chi connectivity index (χ2v) is 4.59. The summed E-state index contributed by atoms with van der Waals surface area (Å²) in [7, 11) is 0.